The van der Waals surface area contributed by atoms with Gasteiger partial charge in [0.25, 0.3) is 0 Å². The molecule has 6 nitrogen and oxygen atoms in total. The lowest BCUT2D eigenvalue weighted by atomic mass is 10.1. The van der Waals surface area contributed by atoms with E-state index in [0.717, 1.165) is 11.1 Å². The second-order valence-corrected chi connectivity index (χ2v) is 6.94. The van der Waals surface area contributed by atoms with Gasteiger partial charge in [-0.15, -0.1) is 0 Å². The van der Waals surface area contributed by atoms with Gasteiger partial charge in [0.2, 0.25) is 0 Å². The summed E-state index contributed by atoms with van der Waals surface area (Å²) in [6.45, 7) is 3.03. The van der Waals surface area contributed by atoms with Gasteiger partial charge in [0.1, 0.15) is 0 Å². The van der Waals surface area contributed by atoms with E-state index in [1.807, 2.05) is 6.92 Å². The molecule has 1 aromatic carbocycles. The van der Waals surface area contributed by atoms with Gasteiger partial charge in [-0.1, -0.05) is 6.07 Å². The number of nitrogens with zero attached hydrogens (tertiary/aromatic N) is 1. The first kappa shape index (κ1) is 15.5. The van der Waals surface area contributed by atoms with Crippen LogP contribution < -0.4 is 5.32 Å². The van der Waals surface area contributed by atoms with Crippen LogP contribution in [0.4, 0.5) is 4.79 Å². The monoisotopic (exact) mass is 310 g/mol. The molecule has 0 aromatic heterocycles. The molecule has 2 atom stereocenters. The van der Waals surface area contributed by atoms with Crippen molar-refractivity contribution in [2.75, 3.05) is 12.8 Å². The van der Waals surface area contributed by atoms with Crippen LogP contribution in [0.5, 0.6) is 0 Å². The number of hydrogen-bond acceptors (Lipinski definition) is 3. The molecule has 1 aliphatic rings. The minimum atomic E-state index is -0.975. The zero-order valence-corrected chi connectivity index (χ0v) is 12.8. The summed E-state index contributed by atoms with van der Waals surface area (Å²) in [7, 11) is -0.975. The Morgan fingerprint density at radius 2 is 2.05 bits per heavy atom. The summed E-state index contributed by atoms with van der Waals surface area (Å²) >= 11 is 0. The fraction of sp³-hybridized carbons (Fsp3) is 0.429. The normalized spacial score (nSPS) is 16.2. The molecule has 21 heavy (non-hydrogen) atoms. The number of carbonyl (C=O) groups is 2. The number of carbonyl (C=O) groups excluding carboxylic acids is 1. The molecular formula is C14H18N2O4S. The molecule has 114 valence electrons. The van der Waals surface area contributed by atoms with E-state index in [-0.39, 0.29) is 16.8 Å². The lowest BCUT2D eigenvalue weighted by molar-refractivity contribution is 0.0696. The van der Waals surface area contributed by atoms with Crippen molar-refractivity contribution in [1.82, 2.24) is 10.2 Å². The average molecular weight is 310 g/mol. The first-order valence-corrected chi connectivity index (χ1v) is 8.20. The number of amides is 2. The predicted molar refractivity (Wildman–Crippen MR) is 79.6 cm³/mol. The van der Waals surface area contributed by atoms with Gasteiger partial charge >= 0.3 is 12.0 Å². The van der Waals surface area contributed by atoms with Crippen molar-refractivity contribution in [2.24, 2.45) is 0 Å². The lowest BCUT2D eigenvalue weighted by Gasteiger charge is -2.18. The number of urea groups is 1. The Bertz CT molecular complexity index is 603. The van der Waals surface area contributed by atoms with Crippen LogP contribution in [0.1, 0.15) is 28.4 Å². The Labute approximate surface area is 125 Å². The average Bonchev–Trinajstić information content (AvgIpc) is 2.86. The molecule has 2 N–H and O–H groups in total. The summed E-state index contributed by atoms with van der Waals surface area (Å²) in [6.07, 6.45) is 1.61. The Morgan fingerprint density at radius 3 is 2.67 bits per heavy atom. The van der Waals surface area contributed by atoms with Crippen LogP contribution >= 0.6 is 0 Å². The van der Waals surface area contributed by atoms with Crippen LogP contribution in [0.25, 0.3) is 0 Å². The van der Waals surface area contributed by atoms with Gasteiger partial charge in [0.15, 0.2) is 0 Å². The first-order valence-electron chi connectivity index (χ1n) is 6.58. The topological polar surface area (TPSA) is 86.7 Å². The summed E-state index contributed by atoms with van der Waals surface area (Å²) in [5.74, 6) is -0.972. The van der Waals surface area contributed by atoms with Crippen molar-refractivity contribution < 1.29 is 18.9 Å². The molecular weight excluding hydrogens is 292 g/mol. The third-order valence-electron chi connectivity index (χ3n) is 3.57. The lowest BCUT2D eigenvalue weighted by Crippen LogP contribution is -2.40. The van der Waals surface area contributed by atoms with Gasteiger partial charge in [-0.25, -0.2) is 9.59 Å². The second-order valence-electron chi connectivity index (χ2n) is 5.14. The zero-order valence-electron chi connectivity index (χ0n) is 12.0. The molecule has 0 aliphatic carbocycles. The quantitative estimate of drug-likeness (QED) is 0.874. The van der Waals surface area contributed by atoms with E-state index in [1.54, 1.807) is 29.4 Å². The van der Waals surface area contributed by atoms with E-state index in [0.29, 0.717) is 19.6 Å². The Hall–Kier alpha value is -1.89. The van der Waals surface area contributed by atoms with E-state index in [1.165, 1.54) is 0 Å². The maximum Gasteiger partial charge on any atom is 0.335 e. The molecule has 0 saturated carbocycles. The van der Waals surface area contributed by atoms with Gasteiger partial charge < -0.3 is 15.3 Å². The summed E-state index contributed by atoms with van der Waals surface area (Å²) in [5.41, 5.74) is 2.05. The highest BCUT2D eigenvalue weighted by Crippen LogP contribution is 2.23. The molecule has 1 heterocycles. The highest BCUT2D eigenvalue weighted by molar-refractivity contribution is 7.84. The predicted octanol–water partition coefficient (Wildman–Crippen LogP) is 1.18. The molecule has 0 fully saturated rings. The SMILES string of the molecule is CC(CNC(=O)N1Cc2ccc(C(=O)O)cc2C1)S(C)=O. The molecule has 7 heteroatoms. The fourth-order valence-electron chi connectivity index (χ4n) is 2.13. The Balaban J connectivity index is 1.97. The molecule has 1 aromatic rings. The summed E-state index contributed by atoms with van der Waals surface area (Å²) < 4.78 is 11.2. The van der Waals surface area contributed by atoms with E-state index >= 15 is 0 Å². The standard InChI is InChI=1S/C14H18N2O4S/c1-9(21(2)20)6-15-14(19)16-7-11-4-3-10(13(17)18)5-12(11)8-16/h3-5,9H,6-8H2,1-2H3,(H,15,19)(H,17,18). The number of fused-ring (bicyclic) bond motifs is 1. The van der Waals surface area contributed by atoms with Gasteiger partial charge in [-0.2, -0.15) is 0 Å². The summed E-state index contributed by atoms with van der Waals surface area (Å²) in [6, 6.07) is 4.68. The maximum absolute atomic E-state index is 12.1. The highest BCUT2D eigenvalue weighted by atomic mass is 32.2. The second kappa shape index (κ2) is 6.26. The van der Waals surface area contributed by atoms with Crippen LogP contribution in [0.2, 0.25) is 0 Å². The third-order valence-corrected chi connectivity index (χ3v) is 4.87. The van der Waals surface area contributed by atoms with Crippen molar-refractivity contribution in [3.63, 3.8) is 0 Å². The number of benzene rings is 1. The molecule has 0 spiro atoms. The summed E-state index contributed by atoms with van der Waals surface area (Å²) in [4.78, 5) is 24.6. The molecule has 0 radical (unpaired) electrons. The van der Waals surface area contributed by atoms with Crippen molar-refractivity contribution in [3.05, 3.63) is 34.9 Å². The van der Waals surface area contributed by atoms with Crippen LogP contribution in [0.3, 0.4) is 0 Å². The van der Waals surface area contributed by atoms with Gasteiger partial charge in [-0.3, -0.25) is 4.21 Å². The number of carboxylic acid groups (broad SMARTS) is 1. The molecule has 2 unspecified atom stereocenters. The number of nitrogens with one attached hydrogen (secondary N) is 1. The smallest absolute Gasteiger partial charge is 0.335 e. The molecule has 0 bridgehead atoms. The van der Waals surface area contributed by atoms with Crippen molar-refractivity contribution in [1.29, 1.82) is 0 Å². The highest BCUT2D eigenvalue weighted by Gasteiger charge is 2.24. The molecule has 2 rings (SSSR count). The largest absolute Gasteiger partial charge is 0.478 e. The number of carboxylic acids is 1. The van der Waals surface area contributed by atoms with E-state index in [4.69, 9.17) is 5.11 Å². The Morgan fingerprint density at radius 1 is 1.38 bits per heavy atom. The van der Waals surface area contributed by atoms with E-state index in [2.05, 4.69) is 5.32 Å². The van der Waals surface area contributed by atoms with Crippen LogP contribution in [0, 0.1) is 0 Å². The number of rotatable bonds is 4. The number of hydrogen-bond donors (Lipinski definition) is 2. The number of aromatic carboxylic acids is 1. The van der Waals surface area contributed by atoms with Crippen LogP contribution in [-0.2, 0) is 23.9 Å². The van der Waals surface area contributed by atoms with Crippen molar-refractivity contribution >= 4 is 22.8 Å². The maximum atomic E-state index is 12.1. The minimum Gasteiger partial charge on any atom is -0.478 e. The molecule has 0 saturated heterocycles. The van der Waals surface area contributed by atoms with E-state index < -0.39 is 16.8 Å². The van der Waals surface area contributed by atoms with Gasteiger partial charge in [0, 0.05) is 41.9 Å². The van der Waals surface area contributed by atoms with E-state index in [9.17, 15) is 13.8 Å². The third kappa shape index (κ3) is 3.60. The van der Waals surface area contributed by atoms with Crippen LogP contribution in [0.15, 0.2) is 18.2 Å². The van der Waals surface area contributed by atoms with Crippen molar-refractivity contribution in [2.45, 2.75) is 25.3 Å². The van der Waals surface area contributed by atoms with Gasteiger partial charge in [0.05, 0.1) is 5.56 Å². The van der Waals surface area contributed by atoms with Gasteiger partial charge in [-0.05, 0) is 30.2 Å². The molecule has 2 amide bonds. The first-order chi connectivity index (χ1) is 9.88. The Kier molecular flexibility index (Phi) is 4.62. The summed E-state index contributed by atoms with van der Waals surface area (Å²) in [5, 5.41) is 11.6. The van der Waals surface area contributed by atoms with Crippen molar-refractivity contribution in [3.8, 4) is 0 Å². The minimum absolute atomic E-state index is 0.0995. The fourth-order valence-corrected chi connectivity index (χ4v) is 2.45. The molecule has 1 aliphatic heterocycles. The van der Waals surface area contributed by atoms with Crippen LogP contribution in [-0.4, -0.2) is 44.3 Å². The zero-order chi connectivity index (χ0) is 15.6.